The molecule has 0 saturated heterocycles. The first kappa shape index (κ1) is 27.1. The zero-order chi connectivity index (χ0) is 26.3. The number of phenols is 1. The second kappa shape index (κ2) is 12.0. The van der Waals surface area contributed by atoms with Crippen molar-refractivity contribution in [1.82, 2.24) is 5.32 Å². The highest BCUT2D eigenvalue weighted by Crippen LogP contribution is 2.30. The molecule has 2 unspecified atom stereocenters. The first-order valence-corrected chi connectivity index (χ1v) is 13.2. The second-order valence-corrected chi connectivity index (χ2v) is 10.1. The topological polar surface area (TPSA) is 126 Å². The number of sulfonamides is 1. The number of methoxy groups -OCH3 is 2. The van der Waals surface area contributed by atoms with E-state index in [0.29, 0.717) is 6.54 Å². The molecule has 0 heterocycles. The summed E-state index contributed by atoms with van der Waals surface area (Å²) in [6, 6.07) is 19.7. The molecule has 9 nitrogen and oxygen atoms in total. The van der Waals surface area contributed by atoms with Gasteiger partial charge in [0.05, 0.1) is 26.2 Å². The number of nitrogens with one attached hydrogen (secondary N) is 2. The van der Waals surface area contributed by atoms with Crippen molar-refractivity contribution in [3.05, 3.63) is 77.9 Å². The quantitative estimate of drug-likeness (QED) is 0.213. The Balaban J connectivity index is 1.83. The average molecular weight is 517 g/mol. The van der Waals surface area contributed by atoms with Crippen LogP contribution in [0.25, 0.3) is 0 Å². The van der Waals surface area contributed by atoms with Crippen LogP contribution in [-0.4, -0.2) is 58.0 Å². The van der Waals surface area contributed by atoms with Gasteiger partial charge in [-0.25, -0.2) is 8.42 Å². The smallest absolute Gasteiger partial charge is 0.229 e. The predicted molar refractivity (Wildman–Crippen MR) is 139 cm³/mol. The lowest BCUT2D eigenvalue weighted by atomic mass is 9.91. The highest BCUT2D eigenvalue weighted by Gasteiger charge is 2.22. The molecule has 0 amide bonds. The molecule has 0 saturated carbocycles. The lowest BCUT2D eigenvalue weighted by Crippen LogP contribution is -2.44. The summed E-state index contributed by atoms with van der Waals surface area (Å²) in [5.41, 5.74) is 2.04. The van der Waals surface area contributed by atoms with Gasteiger partial charge in [0, 0.05) is 18.5 Å². The Labute approximate surface area is 211 Å². The molecular formula is C26H32N2O7S. The van der Waals surface area contributed by atoms with Crippen molar-refractivity contribution >= 4 is 15.7 Å². The molecule has 0 aliphatic carbocycles. The Morgan fingerprint density at radius 3 is 1.81 bits per heavy atom. The van der Waals surface area contributed by atoms with Gasteiger partial charge in [-0.3, -0.25) is 10.0 Å². The first-order chi connectivity index (χ1) is 17.1. The number of hydrogen-bond donors (Lipinski definition) is 4. The van der Waals surface area contributed by atoms with Crippen LogP contribution in [0.5, 0.6) is 23.0 Å². The Kier molecular flexibility index (Phi) is 9.03. The Hall–Kier alpha value is -3.47. The van der Waals surface area contributed by atoms with Crippen LogP contribution in [0.1, 0.15) is 24.0 Å². The van der Waals surface area contributed by atoms with Crippen LogP contribution < -0.4 is 24.2 Å². The third-order valence-corrected chi connectivity index (χ3v) is 6.11. The molecule has 0 radical (unpaired) electrons. The maximum atomic E-state index is 11.6. The van der Waals surface area contributed by atoms with Gasteiger partial charge in [0.2, 0.25) is 10.0 Å². The van der Waals surface area contributed by atoms with E-state index < -0.39 is 22.4 Å². The Bertz CT molecular complexity index is 1180. The molecule has 0 aliphatic rings. The van der Waals surface area contributed by atoms with E-state index in [2.05, 4.69) is 10.0 Å². The summed E-state index contributed by atoms with van der Waals surface area (Å²) in [4.78, 5) is 0. The van der Waals surface area contributed by atoms with Gasteiger partial charge < -0.3 is 24.4 Å². The van der Waals surface area contributed by atoms with Crippen LogP contribution in [0.4, 0.5) is 5.69 Å². The Morgan fingerprint density at radius 2 is 1.36 bits per heavy atom. The van der Waals surface area contributed by atoms with Gasteiger partial charge in [0.1, 0.15) is 29.1 Å². The fourth-order valence-electron chi connectivity index (χ4n) is 3.66. The van der Waals surface area contributed by atoms with E-state index in [1.54, 1.807) is 21.1 Å². The molecule has 194 valence electrons. The fraction of sp³-hybridized carbons (Fsp3) is 0.308. The van der Waals surface area contributed by atoms with Gasteiger partial charge in [0.15, 0.2) is 6.23 Å². The maximum Gasteiger partial charge on any atom is 0.229 e. The van der Waals surface area contributed by atoms with E-state index in [4.69, 9.17) is 14.2 Å². The van der Waals surface area contributed by atoms with Crippen LogP contribution >= 0.6 is 0 Å². The number of phenolic OH excluding ortho intramolecular Hbond substituents is 1. The SMILES string of the molecule is COc1ccc(C(CNC(Oc2ccc(O)c(NS(C)(=O)=O)c2)C(C)O)c2ccc(OC)cc2)cc1. The van der Waals surface area contributed by atoms with Gasteiger partial charge in [-0.05, 0) is 54.4 Å². The van der Waals surface area contributed by atoms with Crippen LogP contribution in [-0.2, 0) is 10.0 Å². The molecule has 0 aromatic heterocycles. The first-order valence-electron chi connectivity index (χ1n) is 11.3. The van der Waals surface area contributed by atoms with Crippen LogP contribution in [0, 0.1) is 0 Å². The summed E-state index contributed by atoms with van der Waals surface area (Å²) in [5.74, 6) is 1.43. The van der Waals surface area contributed by atoms with E-state index in [0.717, 1.165) is 28.9 Å². The highest BCUT2D eigenvalue weighted by atomic mass is 32.2. The third-order valence-electron chi connectivity index (χ3n) is 5.52. The number of aromatic hydroxyl groups is 1. The molecule has 3 aromatic rings. The summed E-state index contributed by atoms with van der Waals surface area (Å²) in [6.07, 6.45) is -0.740. The third kappa shape index (κ3) is 7.51. The molecule has 0 spiro atoms. The van der Waals surface area contributed by atoms with Gasteiger partial charge in [0.25, 0.3) is 0 Å². The van der Waals surface area contributed by atoms with Crippen molar-refractivity contribution in [3.8, 4) is 23.0 Å². The molecule has 36 heavy (non-hydrogen) atoms. The number of hydrogen-bond acceptors (Lipinski definition) is 8. The van der Waals surface area contributed by atoms with Crippen molar-refractivity contribution in [2.24, 2.45) is 0 Å². The minimum atomic E-state index is -3.60. The largest absolute Gasteiger partial charge is 0.506 e. The minimum absolute atomic E-state index is 0.0197. The van der Waals surface area contributed by atoms with Gasteiger partial charge in [-0.15, -0.1) is 0 Å². The number of benzene rings is 3. The van der Waals surface area contributed by atoms with Crippen molar-refractivity contribution < 1.29 is 32.8 Å². The average Bonchev–Trinajstić information content (AvgIpc) is 2.85. The van der Waals surface area contributed by atoms with Crippen molar-refractivity contribution in [2.75, 3.05) is 31.7 Å². The number of aliphatic hydroxyl groups excluding tert-OH is 1. The Morgan fingerprint density at radius 1 is 0.861 bits per heavy atom. The standard InChI is InChI=1S/C26H32N2O7S/c1-17(29)26(35-22-13-14-25(30)24(15-22)28-36(4,31)32)27-16-23(18-5-9-20(33-2)10-6-18)19-7-11-21(34-3)12-8-19/h5-15,17,23,26-30H,16H2,1-4H3. The second-order valence-electron chi connectivity index (χ2n) is 8.34. The number of ether oxygens (including phenoxy) is 3. The summed E-state index contributed by atoms with van der Waals surface area (Å²) >= 11 is 0. The van der Waals surface area contributed by atoms with Crippen LogP contribution in [0.15, 0.2) is 66.7 Å². The normalized spacial score (nSPS) is 13.2. The summed E-state index contributed by atoms with van der Waals surface area (Å²) < 4.78 is 41.9. The monoisotopic (exact) mass is 516 g/mol. The van der Waals surface area contributed by atoms with E-state index in [-0.39, 0.29) is 23.1 Å². The van der Waals surface area contributed by atoms with Gasteiger partial charge >= 0.3 is 0 Å². The molecule has 4 N–H and O–H groups in total. The number of rotatable bonds is 12. The molecule has 0 fully saturated rings. The lowest BCUT2D eigenvalue weighted by Gasteiger charge is -2.27. The molecule has 0 bridgehead atoms. The van der Waals surface area contributed by atoms with Crippen molar-refractivity contribution in [2.45, 2.75) is 25.2 Å². The molecule has 10 heteroatoms. The van der Waals surface area contributed by atoms with Crippen LogP contribution in [0.2, 0.25) is 0 Å². The number of aliphatic hydroxyl groups is 1. The van der Waals surface area contributed by atoms with Gasteiger partial charge in [-0.2, -0.15) is 0 Å². The van der Waals surface area contributed by atoms with E-state index in [1.807, 2.05) is 48.5 Å². The number of anilines is 1. The molecule has 3 aromatic carbocycles. The zero-order valence-electron chi connectivity index (χ0n) is 20.6. The molecular weight excluding hydrogens is 484 g/mol. The van der Waals surface area contributed by atoms with Crippen molar-refractivity contribution in [1.29, 1.82) is 0 Å². The minimum Gasteiger partial charge on any atom is -0.506 e. The zero-order valence-corrected chi connectivity index (χ0v) is 21.5. The summed E-state index contributed by atoms with van der Waals surface area (Å²) in [5, 5.41) is 23.6. The van der Waals surface area contributed by atoms with E-state index >= 15 is 0 Å². The van der Waals surface area contributed by atoms with E-state index in [9.17, 15) is 18.6 Å². The molecule has 2 atom stereocenters. The summed E-state index contributed by atoms with van der Waals surface area (Å²) in [6.45, 7) is 2.00. The summed E-state index contributed by atoms with van der Waals surface area (Å²) in [7, 11) is -0.376. The molecule has 3 rings (SSSR count). The van der Waals surface area contributed by atoms with Crippen molar-refractivity contribution in [3.63, 3.8) is 0 Å². The maximum absolute atomic E-state index is 11.6. The predicted octanol–water partition coefficient (Wildman–Crippen LogP) is 3.29. The molecule has 0 aliphatic heterocycles. The van der Waals surface area contributed by atoms with E-state index in [1.165, 1.54) is 18.2 Å². The fourth-order valence-corrected chi connectivity index (χ4v) is 4.22. The van der Waals surface area contributed by atoms with Crippen LogP contribution in [0.3, 0.4) is 0 Å². The van der Waals surface area contributed by atoms with Gasteiger partial charge in [-0.1, -0.05) is 24.3 Å². The lowest BCUT2D eigenvalue weighted by molar-refractivity contribution is 0.0267. The highest BCUT2D eigenvalue weighted by molar-refractivity contribution is 7.92.